The predicted octanol–water partition coefficient (Wildman–Crippen LogP) is 4.11. The first kappa shape index (κ1) is 18.0. The fourth-order valence-electron chi connectivity index (χ4n) is 4.58. The van der Waals surface area contributed by atoms with Crippen molar-refractivity contribution in [3.8, 4) is 17.0 Å². The molecule has 5 rings (SSSR count). The van der Waals surface area contributed by atoms with Gasteiger partial charge in [-0.05, 0) is 73.4 Å². The van der Waals surface area contributed by atoms with Gasteiger partial charge in [0.15, 0.2) is 0 Å². The van der Waals surface area contributed by atoms with Gasteiger partial charge in [0.05, 0.1) is 18.7 Å². The Labute approximate surface area is 162 Å². The molecular formula is C20H22ClN3O3. The molecule has 3 aliphatic rings. The van der Waals surface area contributed by atoms with Gasteiger partial charge in [-0.3, -0.25) is 4.79 Å². The van der Waals surface area contributed by atoms with Crippen molar-refractivity contribution in [1.29, 1.82) is 0 Å². The van der Waals surface area contributed by atoms with Crippen LogP contribution in [0.1, 0.15) is 25.7 Å². The molecule has 0 radical (unpaired) electrons. The third-order valence-electron chi connectivity index (χ3n) is 5.90. The zero-order valence-electron chi connectivity index (χ0n) is 15.1. The van der Waals surface area contributed by atoms with E-state index in [1.54, 1.807) is 7.11 Å². The van der Waals surface area contributed by atoms with Crippen molar-refractivity contribution in [2.24, 2.45) is 17.8 Å². The molecule has 3 saturated carbocycles. The summed E-state index contributed by atoms with van der Waals surface area (Å²) in [6, 6.07) is 9.24. The van der Waals surface area contributed by atoms with Crippen LogP contribution >= 0.6 is 11.6 Å². The molecule has 1 heterocycles. The first-order valence-corrected chi connectivity index (χ1v) is 9.61. The van der Waals surface area contributed by atoms with Crippen LogP contribution in [0, 0.1) is 17.8 Å². The van der Waals surface area contributed by atoms with Crippen molar-refractivity contribution in [1.82, 2.24) is 9.97 Å². The van der Waals surface area contributed by atoms with Gasteiger partial charge in [0.2, 0.25) is 5.28 Å². The maximum absolute atomic E-state index is 11.8. The molecule has 2 atom stereocenters. The Hall–Kier alpha value is -2.34. The quantitative estimate of drug-likeness (QED) is 0.751. The Morgan fingerprint density at radius 3 is 2.44 bits per heavy atom. The van der Waals surface area contributed by atoms with Gasteiger partial charge in [-0.1, -0.05) is 0 Å². The van der Waals surface area contributed by atoms with Crippen LogP contribution in [-0.4, -0.2) is 34.2 Å². The van der Waals surface area contributed by atoms with Gasteiger partial charge in [-0.2, -0.15) is 0 Å². The number of halogens is 1. The molecular weight excluding hydrogens is 366 g/mol. The Balaban J connectivity index is 1.62. The van der Waals surface area contributed by atoms with E-state index in [0.717, 1.165) is 37.0 Å². The average Bonchev–Trinajstić information content (AvgIpc) is 2.68. The summed E-state index contributed by atoms with van der Waals surface area (Å²) in [5.41, 5.74) is 1.58. The molecule has 2 N–H and O–H groups in total. The number of methoxy groups -OCH3 is 1. The molecule has 2 bridgehead atoms. The molecule has 142 valence electrons. The number of hydrogen-bond donors (Lipinski definition) is 2. The van der Waals surface area contributed by atoms with Gasteiger partial charge in [-0.25, -0.2) is 9.97 Å². The minimum absolute atomic E-state index is 0.121. The van der Waals surface area contributed by atoms with Crippen LogP contribution < -0.4 is 10.1 Å². The van der Waals surface area contributed by atoms with E-state index in [9.17, 15) is 9.90 Å². The SMILES string of the molecule is COc1ccc(-c2cc(NC3C4CCC(CC4)C3C(=O)O)nc(Cl)n2)cc1. The Morgan fingerprint density at radius 2 is 1.81 bits per heavy atom. The zero-order chi connectivity index (χ0) is 19.0. The monoisotopic (exact) mass is 387 g/mol. The van der Waals surface area contributed by atoms with E-state index in [1.807, 2.05) is 30.3 Å². The van der Waals surface area contributed by atoms with E-state index in [0.29, 0.717) is 17.4 Å². The Bertz CT molecular complexity index is 835. The molecule has 1 aromatic heterocycles. The van der Waals surface area contributed by atoms with Crippen molar-refractivity contribution >= 4 is 23.4 Å². The highest BCUT2D eigenvalue weighted by atomic mass is 35.5. The number of ether oxygens (including phenoxy) is 1. The lowest BCUT2D eigenvalue weighted by Gasteiger charge is -2.47. The van der Waals surface area contributed by atoms with Crippen LogP contribution in [0.3, 0.4) is 0 Å². The molecule has 3 fully saturated rings. The average molecular weight is 388 g/mol. The highest BCUT2D eigenvalue weighted by Gasteiger charge is 2.47. The topological polar surface area (TPSA) is 84.3 Å². The number of anilines is 1. The number of aliphatic carboxylic acids is 1. The summed E-state index contributed by atoms with van der Waals surface area (Å²) in [6.07, 6.45) is 4.13. The number of benzene rings is 1. The number of carboxylic acid groups (broad SMARTS) is 1. The number of fused-ring (bicyclic) bond motifs is 3. The van der Waals surface area contributed by atoms with Crippen LogP contribution in [0.15, 0.2) is 30.3 Å². The highest BCUT2D eigenvalue weighted by molar-refractivity contribution is 6.28. The summed E-state index contributed by atoms with van der Waals surface area (Å²) in [6.45, 7) is 0. The summed E-state index contributed by atoms with van der Waals surface area (Å²) in [4.78, 5) is 20.5. The van der Waals surface area contributed by atoms with E-state index < -0.39 is 5.97 Å². The summed E-state index contributed by atoms with van der Waals surface area (Å²) < 4.78 is 5.19. The molecule has 7 heteroatoms. The van der Waals surface area contributed by atoms with E-state index in [4.69, 9.17) is 16.3 Å². The van der Waals surface area contributed by atoms with E-state index in [2.05, 4.69) is 15.3 Å². The van der Waals surface area contributed by atoms with Gasteiger partial charge >= 0.3 is 5.97 Å². The third-order valence-corrected chi connectivity index (χ3v) is 6.07. The van der Waals surface area contributed by atoms with E-state index >= 15 is 0 Å². The van der Waals surface area contributed by atoms with Crippen LogP contribution in [0.2, 0.25) is 5.28 Å². The second kappa shape index (κ2) is 7.35. The standard InChI is InChI=1S/C20H22ClN3O3/c1-27-14-8-6-11(7-9-14)15-10-16(24-20(21)22-15)23-18-13-4-2-12(3-5-13)17(18)19(25)26/h6-10,12-13,17-18H,2-5H2,1H3,(H,25,26)(H,22,23,24). The number of nitrogens with zero attached hydrogens (tertiary/aromatic N) is 2. The lowest BCUT2D eigenvalue weighted by Crippen LogP contribution is -2.51. The molecule has 2 unspecified atom stereocenters. The minimum Gasteiger partial charge on any atom is -0.497 e. The lowest BCUT2D eigenvalue weighted by molar-refractivity contribution is -0.148. The largest absolute Gasteiger partial charge is 0.497 e. The first-order chi connectivity index (χ1) is 13.0. The molecule has 0 saturated heterocycles. The van der Waals surface area contributed by atoms with Crippen LogP contribution in [0.5, 0.6) is 5.75 Å². The number of aromatic nitrogens is 2. The second-order valence-electron chi connectivity index (χ2n) is 7.34. The smallest absolute Gasteiger partial charge is 0.308 e. The Morgan fingerprint density at radius 1 is 1.15 bits per heavy atom. The lowest BCUT2D eigenvalue weighted by atomic mass is 9.61. The molecule has 2 aromatic rings. The van der Waals surface area contributed by atoms with Gasteiger partial charge in [-0.15, -0.1) is 0 Å². The van der Waals surface area contributed by atoms with E-state index in [-0.39, 0.29) is 23.2 Å². The fraction of sp³-hybridized carbons (Fsp3) is 0.450. The molecule has 0 aliphatic heterocycles. The second-order valence-corrected chi connectivity index (χ2v) is 7.68. The van der Waals surface area contributed by atoms with Gasteiger partial charge < -0.3 is 15.2 Å². The zero-order valence-corrected chi connectivity index (χ0v) is 15.8. The predicted molar refractivity (Wildman–Crippen MR) is 103 cm³/mol. The van der Waals surface area contributed by atoms with Crippen molar-refractivity contribution in [2.45, 2.75) is 31.7 Å². The summed E-state index contributed by atoms with van der Waals surface area (Å²) in [7, 11) is 1.62. The van der Waals surface area contributed by atoms with Crippen molar-refractivity contribution < 1.29 is 14.6 Å². The van der Waals surface area contributed by atoms with Crippen molar-refractivity contribution in [2.75, 3.05) is 12.4 Å². The number of rotatable bonds is 5. The third kappa shape index (κ3) is 3.58. The van der Waals surface area contributed by atoms with Gasteiger partial charge in [0.1, 0.15) is 11.6 Å². The molecule has 0 amide bonds. The number of nitrogens with one attached hydrogen (secondary N) is 1. The summed E-state index contributed by atoms with van der Waals surface area (Å²) >= 11 is 6.15. The van der Waals surface area contributed by atoms with Gasteiger partial charge in [0.25, 0.3) is 0 Å². The van der Waals surface area contributed by atoms with Crippen LogP contribution in [-0.2, 0) is 4.79 Å². The molecule has 3 aliphatic carbocycles. The maximum Gasteiger partial charge on any atom is 0.308 e. The molecule has 27 heavy (non-hydrogen) atoms. The minimum atomic E-state index is -0.725. The number of carboxylic acids is 1. The highest BCUT2D eigenvalue weighted by Crippen LogP contribution is 2.46. The van der Waals surface area contributed by atoms with Crippen molar-refractivity contribution in [3.63, 3.8) is 0 Å². The van der Waals surface area contributed by atoms with E-state index in [1.165, 1.54) is 0 Å². The maximum atomic E-state index is 11.8. The van der Waals surface area contributed by atoms with Crippen molar-refractivity contribution in [3.05, 3.63) is 35.6 Å². The number of hydrogen-bond acceptors (Lipinski definition) is 5. The normalized spacial score (nSPS) is 26.6. The van der Waals surface area contributed by atoms with Crippen LogP contribution in [0.4, 0.5) is 5.82 Å². The fourth-order valence-corrected chi connectivity index (χ4v) is 4.77. The first-order valence-electron chi connectivity index (χ1n) is 9.23. The van der Waals surface area contributed by atoms with Crippen LogP contribution in [0.25, 0.3) is 11.3 Å². The number of carbonyl (C=O) groups is 1. The van der Waals surface area contributed by atoms with Gasteiger partial charge in [0, 0.05) is 17.7 Å². The summed E-state index contributed by atoms with van der Waals surface area (Å²) in [5, 5.41) is 13.2. The molecule has 1 aromatic carbocycles. The molecule has 0 spiro atoms. The summed E-state index contributed by atoms with van der Waals surface area (Å²) in [5.74, 6) is 0.829. The Kier molecular flexibility index (Phi) is 4.91. The molecule has 6 nitrogen and oxygen atoms in total.